The third-order valence-electron chi connectivity index (χ3n) is 2.27. The van der Waals surface area contributed by atoms with Gasteiger partial charge >= 0.3 is 0 Å². The Morgan fingerprint density at radius 1 is 1.53 bits per heavy atom. The number of hydrogen-bond donors (Lipinski definition) is 1. The maximum atomic E-state index is 11.9. The lowest BCUT2D eigenvalue weighted by molar-refractivity contribution is 0.0934. The molecule has 4 nitrogen and oxygen atoms in total. The third-order valence-corrected chi connectivity index (χ3v) is 2.27. The Bertz CT molecular complexity index is 435. The molecule has 0 aliphatic rings. The minimum Gasteiger partial charge on any atom is -0.348 e. The van der Waals surface area contributed by atoms with Crippen LogP contribution in [-0.4, -0.2) is 37.5 Å². The van der Waals surface area contributed by atoms with Crippen molar-refractivity contribution in [1.82, 2.24) is 10.2 Å². The minimum atomic E-state index is -0.142. The number of nitrogens with one attached hydrogen (secondary N) is 1. The van der Waals surface area contributed by atoms with Crippen LogP contribution in [0.4, 0.5) is 0 Å². The molecule has 0 aliphatic carbocycles. The molecule has 0 bridgehead atoms. The van der Waals surface area contributed by atoms with Crippen LogP contribution in [0.25, 0.3) is 0 Å². The number of nitriles is 1. The van der Waals surface area contributed by atoms with E-state index in [1.54, 1.807) is 24.3 Å². The van der Waals surface area contributed by atoms with Crippen LogP contribution in [0.5, 0.6) is 0 Å². The van der Waals surface area contributed by atoms with Crippen molar-refractivity contribution in [3.63, 3.8) is 0 Å². The van der Waals surface area contributed by atoms with Gasteiger partial charge in [-0.25, -0.2) is 0 Å². The van der Waals surface area contributed by atoms with Gasteiger partial charge in [-0.1, -0.05) is 6.07 Å². The van der Waals surface area contributed by atoms with E-state index in [1.165, 1.54) is 0 Å². The van der Waals surface area contributed by atoms with E-state index >= 15 is 0 Å². The predicted molar refractivity (Wildman–Crippen MR) is 66.6 cm³/mol. The molecule has 1 amide bonds. The Hall–Kier alpha value is -1.86. The first kappa shape index (κ1) is 13.2. The van der Waals surface area contributed by atoms with E-state index in [1.807, 2.05) is 32.0 Å². The van der Waals surface area contributed by atoms with Crippen LogP contribution in [0.15, 0.2) is 24.3 Å². The second kappa shape index (κ2) is 6.02. The highest BCUT2D eigenvalue weighted by Gasteiger charge is 2.10. The second-order valence-corrected chi connectivity index (χ2v) is 4.33. The van der Waals surface area contributed by atoms with Crippen LogP contribution in [0.3, 0.4) is 0 Å². The summed E-state index contributed by atoms with van der Waals surface area (Å²) in [6.07, 6.45) is 0. The summed E-state index contributed by atoms with van der Waals surface area (Å²) in [4.78, 5) is 13.9. The number of hydrogen-bond acceptors (Lipinski definition) is 3. The highest BCUT2D eigenvalue weighted by atomic mass is 16.1. The van der Waals surface area contributed by atoms with Crippen LogP contribution in [-0.2, 0) is 0 Å². The zero-order valence-corrected chi connectivity index (χ0v) is 10.4. The number of rotatable bonds is 4. The summed E-state index contributed by atoms with van der Waals surface area (Å²) < 4.78 is 0. The van der Waals surface area contributed by atoms with Crippen molar-refractivity contribution >= 4 is 5.91 Å². The molecule has 17 heavy (non-hydrogen) atoms. The average Bonchev–Trinajstić information content (AvgIpc) is 2.27. The van der Waals surface area contributed by atoms with Gasteiger partial charge in [-0.15, -0.1) is 0 Å². The fourth-order valence-electron chi connectivity index (χ4n) is 1.63. The Labute approximate surface area is 102 Å². The number of likely N-dealkylation sites (N-methyl/N-ethyl adjacent to an activating group) is 1. The number of carbonyl (C=O) groups is 1. The SMILES string of the molecule is CC(CN(C)C)NC(=O)c1cccc(C#N)c1. The summed E-state index contributed by atoms with van der Waals surface area (Å²) in [6.45, 7) is 2.73. The van der Waals surface area contributed by atoms with Crippen molar-refractivity contribution in [1.29, 1.82) is 5.26 Å². The molecule has 1 unspecified atom stereocenters. The van der Waals surface area contributed by atoms with Gasteiger partial charge in [0, 0.05) is 18.2 Å². The molecule has 1 atom stereocenters. The highest BCUT2D eigenvalue weighted by molar-refractivity contribution is 5.94. The maximum Gasteiger partial charge on any atom is 0.251 e. The monoisotopic (exact) mass is 231 g/mol. The lowest BCUT2D eigenvalue weighted by Gasteiger charge is -2.18. The second-order valence-electron chi connectivity index (χ2n) is 4.33. The van der Waals surface area contributed by atoms with Gasteiger partial charge in [-0.2, -0.15) is 5.26 Å². The summed E-state index contributed by atoms with van der Waals surface area (Å²) >= 11 is 0. The fraction of sp³-hybridized carbons (Fsp3) is 0.385. The van der Waals surface area contributed by atoms with Crippen molar-refractivity contribution in [3.8, 4) is 6.07 Å². The smallest absolute Gasteiger partial charge is 0.251 e. The molecule has 0 spiro atoms. The summed E-state index contributed by atoms with van der Waals surface area (Å²) in [5, 5.41) is 11.6. The highest BCUT2D eigenvalue weighted by Crippen LogP contribution is 2.04. The molecular formula is C13H17N3O. The first-order valence-corrected chi connectivity index (χ1v) is 5.48. The van der Waals surface area contributed by atoms with Gasteiger partial charge in [0.15, 0.2) is 0 Å². The van der Waals surface area contributed by atoms with Gasteiger partial charge in [-0.05, 0) is 39.2 Å². The first-order valence-electron chi connectivity index (χ1n) is 5.48. The Balaban J connectivity index is 2.67. The van der Waals surface area contributed by atoms with E-state index < -0.39 is 0 Å². The first-order chi connectivity index (χ1) is 8.02. The van der Waals surface area contributed by atoms with E-state index in [-0.39, 0.29) is 11.9 Å². The van der Waals surface area contributed by atoms with Crippen molar-refractivity contribution in [2.75, 3.05) is 20.6 Å². The molecule has 0 aromatic heterocycles. The molecule has 0 aliphatic heterocycles. The minimum absolute atomic E-state index is 0.0724. The molecule has 0 radical (unpaired) electrons. The molecule has 0 saturated carbocycles. The van der Waals surface area contributed by atoms with E-state index in [0.29, 0.717) is 11.1 Å². The predicted octanol–water partition coefficient (Wildman–Crippen LogP) is 1.24. The van der Waals surface area contributed by atoms with E-state index in [2.05, 4.69) is 5.32 Å². The van der Waals surface area contributed by atoms with Gasteiger partial charge in [-0.3, -0.25) is 4.79 Å². The maximum absolute atomic E-state index is 11.9. The summed E-state index contributed by atoms with van der Waals surface area (Å²) in [5.41, 5.74) is 1.02. The van der Waals surface area contributed by atoms with E-state index in [4.69, 9.17) is 5.26 Å². The molecule has 4 heteroatoms. The Kier molecular flexibility index (Phi) is 4.68. The summed E-state index contributed by atoms with van der Waals surface area (Å²) in [7, 11) is 3.91. The molecule has 90 valence electrons. The number of amides is 1. The third kappa shape index (κ3) is 4.25. The zero-order chi connectivity index (χ0) is 12.8. The fourth-order valence-corrected chi connectivity index (χ4v) is 1.63. The van der Waals surface area contributed by atoms with Crippen molar-refractivity contribution < 1.29 is 4.79 Å². The van der Waals surface area contributed by atoms with Crippen molar-refractivity contribution in [3.05, 3.63) is 35.4 Å². The lowest BCUT2D eigenvalue weighted by atomic mass is 10.1. The van der Waals surface area contributed by atoms with Crippen LogP contribution < -0.4 is 5.32 Å². The number of benzene rings is 1. The Morgan fingerprint density at radius 2 is 2.24 bits per heavy atom. The van der Waals surface area contributed by atoms with Gasteiger partial charge in [0.25, 0.3) is 5.91 Å². The van der Waals surface area contributed by atoms with Gasteiger partial charge in [0.2, 0.25) is 0 Å². The lowest BCUT2D eigenvalue weighted by Crippen LogP contribution is -2.39. The van der Waals surface area contributed by atoms with E-state index in [9.17, 15) is 4.79 Å². The molecule has 1 N–H and O–H groups in total. The van der Waals surface area contributed by atoms with Crippen molar-refractivity contribution in [2.24, 2.45) is 0 Å². The topological polar surface area (TPSA) is 56.1 Å². The molecule has 0 saturated heterocycles. The normalized spacial score (nSPS) is 11.9. The molecule has 1 aromatic carbocycles. The number of nitrogens with zero attached hydrogens (tertiary/aromatic N) is 2. The molecule has 0 heterocycles. The quantitative estimate of drug-likeness (QED) is 0.848. The standard InChI is InChI=1S/C13H17N3O/c1-10(9-16(2)3)15-13(17)12-6-4-5-11(7-12)8-14/h4-7,10H,9H2,1-3H3,(H,15,17). The Morgan fingerprint density at radius 3 is 2.82 bits per heavy atom. The van der Waals surface area contributed by atoms with Gasteiger partial charge in [0.05, 0.1) is 11.6 Å². The molecular weight excluding hydrogens is 214 g/mol. The zero-order valence-electron chi connectivity index (χ0n) is 10.4. The van der Waals surface area contributed by atoms with Crippen LogP contribution in [0.1, 0.15) is 22.8 Å². The van der Waals surface area contributed by atoms with Crippen LogP contribution in [0, 0.1) is 11.3 Å². The summed E-state index contributed by atoms with van der Waals surface area (Å²) in [5.74, 6) is -0.142. The summed E-state index contributed by atoms with van der Waals surface area (Å²) in [6, 6.07) is 8.79. The molecule has 1 aromatic rings. The molecule has 0 fully saturated rings. The molecule has 1 rings (SSSR count). The largest absolute Gasteiger partial charge is 0.348 e. The average molecular weight is 231 g/mol. The van der Waals surface area contributed by atoms with E-state index in [0.717, 1.165) is 6.54 Å². The van der Waals surface area contributed by atoms with Gasteiger partial charge in [0.1, 0.15) is 0 Å². The van der Waals surface area contributed by atoms with Crippen LogP contribution in [0.2, 0.25) is 0 Å². The van der Waals surface area contributed by atoms with Crippen LogP contribution >= 0.6 is 0 Å². The van der Waals surface area contributed by atoms with Crippen molar-refractivity contribution in [2.45, 2.75) is 13.0 Å². The number of carbonyl (C=O) groups excluding carboxylic acids is 1. The van der Waals surface area contributed by atoms with Gasteiger partial charge < -0.3 is 10.2 Å².